The van der Waals surface area contributed by atoms with Gasteiger partial charge in [0.15, 0.2) is 0 Å². The van der Waals surface area contributed by atoms with E-state index in [0.29, 0.717) is 36.9 Å². The second kappa shape index (κ2) is 4.16. The van der Waals surface area contributed by atoms with Crippen molar-refractivity contribution in [2.45, 2.75) is 0 Å². The molecule has 3 N–H and O–H groups in total. The molecule has 0 unspecified atom stereocenters. The Bertz CT molecular complexity index is 207. The summed E-state index contributed by atoms with van der Waals surface area (Å²) in [7, 11) is 0. The van der Waals surface area contributed by atoms with Gasteiger partial charge in [0.25, 0.3) is 0 Å². The van der Waals surface area contributed by atoms with Crippen molar-refractivity contribution in [3.63, 3.8) is 0 Å². The fourth-order valence-corrected chi connectivity index (χ4v) is 1.63. The quantitative estimate of drug-likeness (QED) is 0.679. The van der Waals surface area contributed by atoms with Crippen molar-refractivity contribution in [3.8, 4) is 5.75 Å². The number of phenolic OH excluding ortho intramolecular Hbond substituents is 1. The van der Waals surface area contributed by atoms with E-state index in [2.05, 4.69) is 0 Å². The summed E-state index contributed by atoms with van der Waals surface area (Å²) in [5, 5.41) is 9.76. The fraction of sp³-hybridized carbons (Fsp3) is 0. The monoisotopic (exact) mass is 347 g/mol. The zero-order valence-electron chi connectivity index (χ0n) is 5.26. The Labute approximate surface area is 80.1 Å². The number of halogens is 1. The predicted octanol–water partition coefficient (Wildman–Crippen LogP) is 0.393. The van der Waals surface area contributed by atoms with Gasteiger partial charge in [-0.3, -0.25) is 0 Å². The molecule has 0 atom stereocenters. The van der Waals surface area contributed by atoms with Crippen LogP contribution in [0.4, 0.5) is 0 Å². The van der Waals surface area contributed by atoms with Gasteiger partial charge < -0.3 is 5.48 Å². The van der Waals surface area contributed by atoms with Crippen molar-refractivity contribution in [1.29, 1.82) is 0 Å². The molecule has 0 aliphatic carbocycles. The van der Waals surface area contributed by atoms with Gasteiger partial charge in [-0.25, -0.2) is 0 Å². The molecule has 1 rings (SSSR count). The Morgan fingerprint density at radius 1 is 1.40 bits per heavy atom. The second-order valence-corrected chi connectivity index (χ2v) is 4.89. The molecule has 0 radical (unpaired) electrons. The molecule has 0 saturated heterocycles. The Kier molecular flexibility index (Phi) is 4.25. The Hall–Kier alpha value is 0.205. The molecule has 0 bridgehead atoms. The van der Waals surface area contributed by atoms with Gasteiger partial charge in [0.2, 0.25) is 0 Å². The predicted molar refractivity (Wildman–Crippen MR) is 36.4 cm³/mol. The van der Waals surface area contributed by atoms with E-state index in [4.69, 9.17) is 16.7 Å². The van der Waals surface area contributed by atoms with Crippen LogP contribution >= 0.6 is 11.6 Å². The van der Waals surface area contributed by atoms with Gasteiger partial charge in [-0.1, -0.05) is 0 Å². The van der Waals surface area contributed by atoms with Gasteiger partial charge in [0, 0.05) is 0 Å². The molecule has 0 fully saturated rings. The molecule has 1 aromatic rings. The average molecular weight is 346 g/mol. The summed E-state index contributed by atoms with van der Waals surface area (Å²) in [5.41, 5.74) is 0. The van der Waals surface area contributed by atoms with E-state index < -0.39 is 0 Å². The van der Waals surface area contributed by atoms with Crippen LogP contribution in [0.1, 0.15) is 0 Å². The minimum absolute atomic E-state index is 0. The summed E-state index contributed by atoms with van der Waals surface area (Å²) >= 11 is 6.11. The standard InChI is InChI=1S/C6H4ClO.Hg.H2O/c7-5-2-1-3-6(8)4-5;;/h1-3,8H;;1H2. The number of phenols is 1. The van der Waals surface area contributed by atoms with E-state index in [1.54, 1.807) is 18.2 Å². The van der Waals surface area contributed by atoms with Crippen molar-refractivity contribution in [1.82, 2.24) is 0 Å². The van der Waals surface area contributed by atoms with E-state index in [0.717, 1.165) is 3.07 Å². The van der Waals surface area contributed by atoms with Crippen LogP contribution in [0, 0.1) is 0 Å². The molecule has 0 spiro atoms. The third kappa shape index (κ3) is 2.11. The third-order valence-corrected chi connectivity index (χ3v) is 5.21. The summed E-state index contributed by atoms with van der Waals surface area (Å²) in [5.74, 6) is 0.339. The van der Waals surface area contributed by atoms with E-state index in [1.165, 1.54) is 0 Å². The van der Waals surface area contributed by atoms with Crippen molar-refractivity contribution in [2.75, 3.05) is 0 Å². The van der Waals surface area contributed by atoms with E-state index >= 15 is 0 Å². The molecular weight excluding hydrogens is 340 g/mol. The molecule has 10 heavy (non-hydrogen) atoms. The number of benzene rings is 1. The molecule has 0 aromatic heterocycles. The van der Waals surface area contributed by atoms with E-state index in [-0.39, 0.29) is 5.48 Å². The van der Waals surface area contributed by atoms with Crippen LogP contribution in [0.25, 0.3) is 0 Å². The van der Waals surface area contributed by atoms with Crippen LogP contribution in [-0.4, -0.2) is 10.6 Å². The Morgan fingerprint density at radius 3 is 2.40 bits per heavy atom. The first-order valence-corrected chi connectivity index (χ1v) is 5.64. The van der Waals surface area contributed by atoms with Crippen LogP contribution in [0.5, 0.6) is 5.75 Å². The van der Waals surface area contributed by atoms with Crippen LogP contribution in [0.15, 0.2) is 18.2 Å². The maximum absolute atomic E-state index is 9.06. The molecular formula is C6H6ClHgO2. The van der Waals surface area contributed by atoms with Gasteiger partial charge in [-0.2, -0.15) is 0 Å². The number of rotatable bonds is 0. The summed E-state index contributed by atoms with van der Waals surface area (Å²) in [4.78, 5) is 0. The zero-order chi connectivity index (χ0) is 6.85. The molecule has 0 heterocycles. The van der Waals surface area contributed by atoms with Gasteiger partial charge >= 0.3 is 74.9 Å². The molecule has 0 aliphatic heterocycles. The molecule has 4 heteroatoms. The van der Waals surface area contributed by atoms with Crippen LogP contribution in [-0.2, 0) is 26.1 Å². The SMILES string of the molecule is O.Oc1cccc(Cl)[c]1[Hg]. The van der Waals surface area contributed by atoms with Crippen molar-refractivity contribution >= 4 is 14.7 Å². The first kappa shape index (κ1) is 10.2. The van der Waals surface area contributed by atoms with Gasteiger partial charge in [-0.05, 0) is 0 Å². The molecule has 0 saturated carbocycles. The molecule has 0 amide bonds. The topological polar surface area (TPSA) is 51.7 Å². The first-order chi connectivity index (χ1) is 4.22. The fourth-order valence-electron chi connectivity index (χ4n) is 0.547. The Morgan fingerprint density at radius 2 is 2.00 bits per heavy atom. The van der Waals surface area contributed by atoms with E-state index in [1.807, 2.05) is 0 Å². The summed E-state index contributed by atoms with van der Waals surface area (Å²) in [6, 6.07) is 5.20. The zero-order valence-corrected chi connectivity index (χ0v) is 11.5. The van der Waals surface area contributed by atoms with Crippen LogP contribution in [0.3, 0.4) is 0 Å². The minimum atomic E-state index is 0. The molecule has 2 nitrogen and oxygen atoms in total. The Balaban J connectivity index is 0.000000810. The normalized spacial score (nSPS) is 8.70. The first-order valence-electron chi connectivity index (χ1n) is 2.51. The summed E-state index contributed by atoms with van der Waals surface area (Å²) in [6.45, 7) is 0. The van der Waals surface area contributed by atoms with Crippen LogP contribution < -0.4 is 3.07 Å². The second-order valence-electron chi connectivity index (χ2n) is 1.74. The summed E-state index contributed by atoms with van der Waals surface area (Å²) in [6.07, 6.45) is 0. The van der Waals surface area contributed by atoms with E-state index in [9.17, 15) is 0 Å². The number of hydrogen-bond donors (Lipinski definition) is 1. The van der Waals surface area contributed by atoms with Crippen molar-refractivity contribution in [3.05, 3.63) is 23.2 Å². The molecule has 51 valence electrons. The van der Waals surface area contributed by atoms with Gasteiger partial charge in [0.05, 0.1) is 0 Å². The maximum atomic E-state index is 9.06. The number of aromatic hydroxyl groups is 1. The van der Waals surface area contributed by atoms with Gasteiger partial charge in [0.1, 0.15) is 0 Å². The number of hydrogen-bond acceptors (Lipinski definition) is 1. The summed E-state index contributed by atoms with van der Waals surface area (Å²) < 4.78 is 0.930. The van der Waals surface area contributed by atoms with Crippen LogP contribution in [0.2, 0.25) is 5.02 Å². The van der Waals surface area contributed by atoms with Crippen molar-refractivity contribution < 1.29 is 36.7 Å². The third-order valence-electron chi connectivity index (χ3n) is 1.09. The van der Waals surface area contributed by atoms with Gasteiger partial charge in [-0.15, -0.1) is 0 Å². The molecule has 0 aliphatic rings. The van der Waals surface area contributed by atoms with Crippen molar-refractivity contribution in [2.24, 2.45) is 0 Å². The average Bonchev–Trinajstić information content (AvgIpc) is 1.83. The molecule has 1 aromatic carbocycles.